The van der Waals surface area contributed by atoms with E-state index in [0.717, 1.165) is 18.6 Å². The van der Waals surface area contributed by atoms with Gasteiger partial charge < -0.3 is 0 Å². The molecule has 8 heavy (non-hydrogen) atoms. The molecule has 1 radical (unpaired) electrons. The summed E-state index contributed by atoms with van der Waals surface area (Å²) in [5.74, 6) is 0.0889. The Kier molecular flexibility index (Phi) is 1.78. The standard InChI is InChI=1S/C5H7O2S/c6-5(7)4-2-1-3-8-4/h4H,1-3H2. The third kappa shape index (κ3) is 1.15. The molecule has 1 saturated heterocycles. The van der Waals surface area contributed by atoms with E-state index in [1.165, 1.54) is 11.8 Å². The molecule has 1 atom stereocenters. The van der Waals surface area contributed by atoms with E-state index >= 15 is 0 Å². The van der Waals surface area contributed by atoms with Crippen LogP contribution in [-0.4, -0.2) is 17.0 Å². The van der Waals surface area contributed by atoms with Crippen molar-refractivity contribution < 1.29 is 9.90 Å². The van der Waals surface area contributed by atoms with Crippen LogP contribution in [0.3, 0.4) is 0 Å². The predicted molar refractivity (Wildman–Crippen MR) is 31.2 cm³/mol. The van der Waals surface area contributed by atoms with Crippen LogP contribution >= 0.6 is 11.8 Å². The molecule has 1 aliphatic rings. The lowest BCUT2D eigenvalue weighted by atomic mass is 10.3. The van der Waals surface area contributed by atoms with Gasteiger partial charge >= 0.3 is 5.97 Å². The van der Waals surface area contributed by atoms with E-state index in [0.29, 0.717) is 0 Å². The number of rotatable bonds is 1. The molecular formula is C5H7O2S. The Hall–Kier alpha value is -0.180. The first-order valence-electron chi connectivity index (χ1n) is 2.63. The topological polar surface area (TPSA) is 37.0 Å². The van der Waals surface area contributed by atoms with Crippen LogP contribution in [-0.2, 0) is 9.90 Å². The summed E-state index contributed by atoms with van der Waals surface area (Å²) in [5.41, 5.74) is 0. The molecule has 0 aromatic rings. The minimum atomic E-state index is -0.896. The van der Waals surface area contributed by atoms with Gasteiger partial charge in [-0.05, 0) is 18.6 Å². The molecule has 0 saturated carbocycles. The van der Waals surface area contributed by atoms with Crippen LogP contribution in [0.4, 0.5) is 0 Å². The van der Waals surface area contributed by atoms with Crippen molar-refractivity contribution in [2.45, 2.75) is 18.1 Å². The van der Waals surface area contributed by atoms with Crippen molar-refractivity contribution in [3.05, 3.63) is 0 Å². The minimum Gasteiger partial charge on any atom is -0.246 e. The zero-order valence-corrected chi connectivity index (χ0v) is 5.24. The van der Waals surface area contributed by atoms with Crippen molar-refractivity contribution in [2.75, 3.05) is 5.75 Å². The largest absolute Gasteiger partial charge is 0.368 e. The van der Waals surface area contributed by atoms with Crippen LogP contribution in [0.5, 0.6) is 0 Å². The van der Waals surface area contributed by atoms with E-state index in [9.17, 15) is 9.90 Å². The fraction of sp³-hybridized carbons (Fsp3) is 0.800. The number of carbonyl (C=O) groups excluding carboxylic acids is 1. The maximum absolute atomic E-state index is 10.1. The van der Waals surface area contributed by atoms with Gasteiger partial charge in [0.15, 0.2) is 0 Å². The maximum atomic E-state index is 10.1. The molecule has 3 heteroatoms. The number of hydrogen-bond donors (Lipinski definition) is 0. The second-order valence-corrected chi connectivity index (χ2v) is 3.13. The zero-order chi connectivity index (χ0) is 5.98. The second kappa shape index (κ2) is 2.40. The third-order valence-corrected chi connectivity index (χ3v) is 2.55. The SMILES string of the molecule is [O]C(=O)C1CCCS1. The molecule has 45 valence electrons. The van der Waals surface area contributed by atoms with Crippen molar-refractivity contribution in [3.63, 3.8) is 0 Å². The Morgan fingerprint density at radius 3 is 2.62 bits per heavy atom. The number of hydrogen-bond acceptors (Lipinski definition) is 2. The van der Waals surface area contributed by atoms with Gasteiger partial charge in [0.1, 0.15) is 5.25 Å². The molecule has 1 heterocycles. The molecule has 0 aromatic heterocycles. The van der Waals surface area contributed by atoms with Crippen LogP contribution in [0.15, 0.2) is 0 Å². The lowest BCUT2D eigenvalue weighted by Crippen LogP contribution is -2.09. The molecule has 0 aromatic carbocycles. The van der Waals surface area contributed by atoms with E-state index in [-0.39, 0.29) is 5.25 Å². The summed E-state index contributed by atoms with van der Waals surface area (Å²) in [6, 6.07) is 0. The van der Waals surface area contributed by atoms with Crippen LogP contribution in [0, 0.1) is 0 Å². The molecular weight excluding hydrogens is 124 g/mol. The van der Waals surface area contributed by atoms with Gasteiger partial charge in [0.25, 0.3) is 0 Å². The van der Waals surface area contributed by atoms with E-state index < -0.39 is 5.97 Å². The predicted octanol–water partition coefficient (Wildman–Crippen LogP) is 0.839. The van der Waals surface area contributed by atoms with Gasteiger partial charge in [-0.2, -0.15) is 0 Å². The summed E-state index contributed by atoms with van der Waals surface area (Å²) in [5, 5.41) is 9.86. The van der Waals surface area contributed by atoms with Crippen LogP contribution in [0.1, 0.15) is 12.8 Å². The van der Waals surface area contributed by atoms with E-state index in [2.05, 4.69) is 0 Å². The van der Waals surface area contributed by atoms with Gasteiger partial charge in [0.05, 0.1) is 0 Å². The first kappa shape index (κ1) is 5.95. The fourth-order valence-corrected chi connectivity index (χ4v) is 1.85. The monoisotopic (exact) mass is 131 g/mol. The first-order valence-corrected chi connectivity index (χ1v) is 3.68. The lowest BCUT2D eigenvalue weighted by Gasteiger charge is -1.93. The Balaban J connectivity index is 2.35. The maximum Gasteiger partial charge on any atom is 0.368 e. The second-order valence-electron chi connectivity index (χ2n) is 1.82. The number of thioether (sulfide) groups is 1. The molecule has 0 N–H and O–H groups in total. The highest BCUT2D eigenvalue weighted by Crippen LogP contribution is 2.25. The van der Waals surface area contributed by atoms with Gasteiger partial charge in [-0.15, -0.1) is 11.8 Å². The van der Waals surface area contributed by atoms with Gasteiger partial charge in [0, 0.05) is 0 Å². The molecule has 0 bridgehead atoms. The van der Waals surface area contributed by atoms with Gasteiger partial charge in [-0.1, -0.05) is 0 Å². The summed E-state index contributed by atoms with van der Waals surface area (Å²) in [6.45, 7) is 0. The summed E-state index contributed by atoms with van der Waals surface area (Å²) in [6.07, 6.45) is 1.83. The van der Waals surface area contributed by atoms with Crippen molar-refractivity contribution in [1.82, 2.24) is 0 Å². The van der Waals surface area contributed by atoms with Crippen molar-refractivity contribution >= 4 is 17.7 Å². The summed E-state index contributed by atoms with van der Waals surface area (Å²) in [7, 11) is 0. The summed E-state index contributed by atoms with van der Waals surface area (Å²) >= 11 is 1.49. The minimum absolute atomic E-state index is 0.213. The van der Waals surface area contributed by atoms with Gasteiger partial charge in [-0.3, -0.25) is 0 Å². The third-order valence-electron chi connectivity index (χ3n) is 1.19. The Bertz CT molecular complexity index is 96.6. The molecule has 0 aliphatic carbocycles. The zero-order valence-electron chi connectivity index (χ0n) is 4.42. The lowest BCUT2D eigenvalue weighted by molar-refractivity contribution is -0.142. The molecule has 0 amide bonds. The average Bonchev–Trinajstić information content (AvgIpc) is 2.12. The molecule has 1 fully saturated rings. The van der Waals surface area contributed by atoms with E-state index in [1.54, 1.807) is 0 Å². The molecule has 1 rings (SSSR count). The van der Waals surface area contributed by atoms with Gasteiger partial charge in [-0.25, -0.2) is 9.90 Å². The van der Waals surface area contributed by atoms with Crippen LogP contribution in [0.25, 0.3) is 0 Å². The summed E-state index contributed by atoms with van der Waals surface area (Å²) < 4.78 is 0. The fourth-order valence-electron chi connectivity index (χ4n) is 0.764. The molecule has 2 nitrogen and oxygen atoms in total. The van der Waals surface area contributed by atoms with E-state index in [1.807, 2.05) is 0 Å². The highest BCUT2D eigenvalue weighted by molar-refractivity contribution is 8.00. The Morgan fingerprint density at radius 2 is 2.38 bits per heavy atom. The van der Waals surface area contributed by atoms with Crippen LogP contribution < -0.4 is 0 Å². The van der Waals surface area contributed by atoms with Crippen molar-refractivity contribution in [1.29, 1.82) is 0 Å². The Morgan fingerprint density at radius 1 is 1.62 bits per heavy atom. The number of carbonyl (C=O) groups is 1. The first-order chi connectivity index (χ1) is 3.80. The van der Waals surface area contributed by atoms with Crippen molar-refractivity contribution in [2.24, 2.45) is 0 Å². The summed E-state index contributed by atoms with van der Waals surface area (Å²) in [4.78, 5) is 10.1. The quantitative estimate of drug-likeness (QED) is 0.528. The highest BCUT2D eigenvalue weighted by atomic mass is 32.2. The Labute approximate surface area is 52.3 Å². The van der Waals surface area contributed by atoms with Crippen molar-refractivity contribution in [3.8, 4) is 0 Å². The molecule has 1 unspecified atom stereocenters. The van der Waals surface area contributed by atoms with Crippen LogP contribution in [0.2, 0.25) is 0 Å². The highest BCUT2D eigenvalue weighted by Gasteiger charge is 2.23. The molecule has 1 aliphatic heterocycles. The smallest absolute Gasteiger partial charge is 0.246 e. The average molecular weight is 131 g/mol. The molecule has 0 spiro atoms. The van der Waals surface area contributed by atoms with Gasteiger partial charge in [0.2, 0.25) is 0 Å². The normalized spacial score (nSPS) is 28.2. The van der Waals surface area contributed by atoms with E-state index in [4.69, 9.17) is 0 Å².